The first kappa shape index (κ1) is 15.8. The Hall–Kier alpha value is -3.08. The molecule has 1 aromatic heterocycles. The summed E-state index contributed by atoms with van der Waals surface area (Å²) < 4.78 is 4.77. The summed E-state index contributed by atoms with van der Waals surface area (Å²) in [7, 11) is 1.28. The minimum absolute atomic E-state index is 0.164. The third kappa shape index (κ3) is 2.54. The molecule has 0 aliphatic heterocycles. The first-order valence-corrected chi connectivity index (χ1v) is 7.69. The Labute approximate surface area is 139 Å². The van der Waals surface area contributed by atoms with E-state index in [1.807, 2.05) is 37.3 Å². The van der Waals surface area contributed by atoms with Gasteiger partial charge in [0, 0.05) is 10.9 Å². The number of esters is 1. The van der Waals surface area contributed by atoms with Crippen molar-refractivity contribution in [3.05, 3.63) is 63.9 Å². The maximum atomic E-state index is 12.9. The highest BCUT2D eigenvalue weighted by molar-refractivity contribution is 5.98. The number of carbonyl (C=O) groups excluding carboxylic acids is 1. The van der Waals surface area contributed by atoms with Crippen molar-refractivity contribution in [3.63, 3.8) is 0 Å². The molecule has 5 nitrogen and oxygen atoms in total. The minimum Gasteiger partial charge on any atom is -0.464 e. The monoisotopic (exact) mass is 322 g/mol. The number of aromatic amines is 1. The van der Waals surface area contributed by atoms with Crippen LogP contribution in [0.4, 0.5) is 5.69 Å². The van der Waals surface area contributed by atoms with Gasteiger partial charge in [-0.15, -0.1) is 0 Å². The highest BCUT2D eigenvalue weighted by Crippen LogP contribution is 2.27. The van der Waals surface area contributed by atoms with Gasteiger partial charge in [-0.3, -0.25) is 4.79 Å². The molecule has 0 atom stereocenters. The molecular formula is C19H18N2O3. The molecular weight excluding hydrogens is 304 g/mol. The number of hydrogen-bond acceptors (Lipinski definition) is 4. The van der Waals surface area contributed by atoms with Gasteiger partial charge in [0.15, 0.2) is 5.43 Å². The summed E-state index contributed by atoms with van der Waals surface area (Å²) in [6.45, 7) is 1.83. The van der Waals surface area contributed by atoms with E-state index in [9.17, 15) is 9.59 Å². The van der Waals surface area contributed by atoms with Crippen molar-refractivity contribution in [3.8, 4) is 11.1 Å². The molecule has 0 fully saturated rings. The smallest absolute Gasteiger partial charge is 0.354 e. The summed E-state index contributed by atoms with van der Waals surface area (Å²) in [6, 6.07) is 13.3. The third-order valence-electron chi connectivity index (χ3n) is 4.09. The molecule has 0 bridgehead atoms. The van der Waals surface area contributed by atoms with Gasteiger partial charge in [-0.25, -0.2) is 4.79 Å². The molecule has 2 aromatic carbocycles. The van der Waals surface area contributed by atoms with Crippen molar-refractivity contribution in [1.29, 1.82) is 0 Å². The number of pyridine rings is 1. The van der Waals surface area contributed by atoms with Crippen LogP contribution in [0.15, 0.2) is 47.3 Å². The fraction of sp³-hybridized carbons (Fsp3) is 0.158. The lowest BCUT2D eigenvalue weighted by Crippen LogP contribution is -2.19. The normalized spacial score (nSPS) is 10.8. The van der Waals surface area contributed by atoms with Gasteiger partial charge in [0.2, 0.25) is 0 Å². The summed E-state index contributed by atoms with van der Waals surface area (Å²) in [4.78, 5) is 27.8. The average molecular weight is 322 g/mol. The molecule has 1 heterocycles. The molecule has 122 valence electrons. The van der Waals surface area contributed by atoms with Crippen LogP contribution in [-0.4, -0.2) is 18.1 Å². The third-order valence-corrected chi connectivity index (χ3v) is 4.09. The van der Waals surface area contributed by atoms with Crippen molar-refractivity contribution < 1.29 is 9.53 Å². The van der Waals surface area contributed by atoms with E-state index >= 15 is 0 Å². The number of aromatic nitrogens is 1. The van der Waals surface area contributed by atoms with Crippen molar-refractivity contribution in [2.24, 2.45) is 0 Å². The number of methoxy groups -OCH3 is 1. The molecule has 0 unspecified atom stereocenters. The largest absolute Gasteiger partial charge is 0.464 e. The fourth-order valence-corrected chi connectivity index (χ4v) is 2.87. The molecule has 3 N–H and O–H groups in total. The van der Waals surface area contributed by atoms with Crippen molar-refractivity contribution >= 4 is 22.6 Å². The maximum absolute atomic E-state index is 12.9. The summed E-state index contributed by atoms with van der Waals surface area (Å²) in [5, 5.41) is 0.471. The Bertz CT molecular complexity index is 975. The number of ether oxygens (including phenoxy) is 1. The topological polar surface area (TPSA) is 85.2 Å². The summed E-state index contributed by atoms with van der Waals surface area (Å²) in [5.74, 6) is -0.572. The number of nitrogens with two attached hydrogens (primary N) is 1. The number of benzene rings is 2. The molecule has 0 radical (unpaired) electrons. The van der Waals surface area contributed by atoms with Crippen molar-refractivity contribution in [2.45, 2.75) is 13.3 Å². The zero-order valence-corrected chi connectivity index (χ0v) is 13.6. The van der Waals surface area contributed by atoms with Crippen LogP contribution in [0.5, 0.6) is 0 Å². The lowest BCUT2D eigenvalue weighted by atomic mass is 9.99. The average Bonchev–Trinajstić information content (AvgIpc) is 2.62. The lowest BCUT2D eigenvalue weighted by molar-refractivity contribution is 0.0593. The molecule has 0 aliphatic carbocycles. The van der Waals surface area contributed by atoms with Crippen LogP contribution in [0.1, 0.15) is 23.0 Å². The second-order valence-electron chi connectivity index (χ2n) is 5.51. The first-order valence-electron chi connectivity index (χ1n) is 7.69. The van der Waals surface area contributed by atoms with E-state index in [-0.39, 0.29) is 11.1 Å². The van der Waals surface area contributed by atoms with Crippen LogP contribution in [0.3, 0.4) is 0 Å². The second kappa shape index (κ2) is 6.20. The quantitative estimate of drug-likeness (QED) is 0.573. The number of nitrogen functional groups attached to an aromatic ring is 1. The first-order chi connectivity index (χ1) is 11.6. The number of carbonyl (C=O) groups is 1. The maximum Gasteiger partial charge on any atom is 0.354 e. The van der Waals surface area contributed by atoms with Crippen LogP contribution in [0.25, 0.3) is 22.0 Å². The van der Waals surface area contributed by atoms with E-state index in [2.05, 4.69) is 4.98 Å². The van der Waals surface area contributed by atoms with Crippen LogP contribution in [-0.2, 0) is 11.2 Å². The number of anilines is 1. The van der Waals surface area contributed by atoms with E-state index in [0.717, 1.165) is 11.1 Å². The van der Waals surface area contributed by atoms with Gasteiger partial charge in [0.05, 0.1) is 18.3 Å². The van der Waals surface area contributed by atoms with E-state index < -0.39 is 5.97 Å². The molecule has 0 saturated carbocycles. The minimum atomic E-state index is -0.572. The Morgan fingerprint density at radius 1 is 1.17 bits per heavy atom. The van der Waals surface area contributed by atoms with Gasteiger partial charge < -0.3 is 15.5 Å². The van der Waals surface area contributed by atoms with Gasteiger partial charge >= 0.3 is 5.97 Å². The number of hydrogen-bond donors (Lipinski definition) is 2. The highest BCUT2D eigenvalue weighted by Gasteiger charge is 2.18. The summed E-state index contributed by atoms with van der Waals surface area (Å²) in [5.41, 5.74) is 9.21. The molecule has 5 heteroatoms. The fourth-order valence-electron chi connectivity index (χ4n) is 2.87. The van der Waals surface area contributed by atoms with Gasteiger partial charge in [0.25, 0.3) is 0 Å². The van der Waals surface area contributed by atoms with Crippen LogP contribution >= 0.6 is 0 Å². The molecule has 3 aromatic rings. The Balaban J connectivity index is 2.34. The highest BCUT2D eigenvalue weighted by atomic mass is 16.5. The number of H-pyrrole nitrogens is 1. The molecule has 24 heavy (non-hydrogen) atoms. The van der Waals surface area contributed by atoms with Crippen molar-refractivity contribution in [1.82, 2.24) is 4.98 Å². The molecule has 0 aliphatic rings. The van der Waals surface area contributed by atoms with Crippen LogP contribution < -0.4 is 11.2 Å². The lowest BCUT2D eigenvalue weighted by Gasteiger charge is -2.12. The van der Waals surface area contributed by atoms with Crippen molar-refractivity contribution in [2.75, 3.05) is 12.8 Å². The zero-order chi connectivity index (χ0) is 17.3. The van der Waals surface area contributed by atoms with Crippen LogP contribution in [0.2, 0.25) is 0 Å². The predicted molar refractivity (Wildman–Crippen MR) is 95.1 cm³/mol. The van der Waals surface area contributed by atoms with E-state index in [1.165, 1.54) is 7.11 Å². The number of rotatable bonds is 3. The van der Waals surface area contributed by atoms with Gasteiger partial charge in [-0.2, -0.15) is 0 Å². The molecule has 3 rings (SSSR count). The molecule has 0 amide bonds. The number of fused-ring (bicyclic) bond motifs is 1. The van der Waals surface area contributed by atoms with E-state index in [1.54, 1.807) is 12.1 Å². The second-order valence-corrected chi connectivity index (χ2v) is 5.51. The summed E-state index contributed by atoms with van der Waals surface area (Å²) in [6.07, 6.45) is 0.422. The molecule has 0 saturated heterocycles. The van der Waals surface area contributed by atoms with Gasteiger partial charge in [0.1, 0.15) is 5.69 Å². The Morgan fingerprint density at radius 3 is 2.50 bits per heavy atom. The van der Waals surface area contributed by atoms with Gasteiger partial charge in [-0.05, 0) is 29.7 Å². The van der Waals surface area contributed by atoms with E-state index in [4.69, 9.17) is 10.5 Å². The summed E-state index contributed by atoms with van der Waals surface area (Å²) >= 11 is 0. The number of nitrogens with one attached hydrogen (secondary N) is 1. The Morgan fingerprint density at radius 2 is 1.88 bits per heavy atom. The Kier molecular flexibility index (Phi) is 4.08. The van der Waals surface area contributed by atoms with E-state index in [0.29, 0.717) is 28.6 Å². The molecule has 0 spiro atoms. The van der Waals surface area contributed by atoms with Gasteiger partial charge in [-0.1, -0.05) is 37.3 Å². The van der Waals surface area contributed by atoms with Crippen LogP contribution in [0, 0.1) is 0 Å². The SMILES string of the molecule is CCc1c(C(=O)OC)[nH]c2c(N)cc(-c3ccccc3)cc2c1=O. The predicted octanol–water partition coefficient (Wildman–Crippen LogP) is 3.13. The standard InChI is InChI=1S/C19H18N2O3/c1-3-13-17(19(23)24-2)21-16-14(18(13)22)9-12(10-15(16)20)11-7-5-4-6-8-11/h4-10H,3,20H2,1-2H3,(H,21,22). The zero-order valence-electron chi connectivity index (χ0n) is 13.6.